The highest BCUT2D eigenvalue weighted by atomic mass is 35.5. The Balaban J connectivity index is 1.38. The molecule has 1 saturated heterocycles. The summed E-state index contributed by atoms with van der Waals surface area (Å²) in [6.07, 6.45) is -5.88. The standard InChI is InChI=1S/C23H23ClN6O7/c24-12-4-3-5-13(8-12)25-27-18-15-6-1-2-7-16(15)29(22(18)35)9-14-10-30(28-26-14)37-23-21(34)20(33)19(32)17(11-31)36-23/h1-8,10,17,19-21,23,31-35H,9,11H2/t17-,19+,20+,21-,23+/m1/s1. The third kappa shape index (κ3) is 5.00. The topological polar surface area (TPSA) is 180 Å². The van der Waals surface area contributed by atoms with Gasteiger partial charge in [-0.25, -0.2) is 0 Å². The molecule has 0 aliphatic carbocycles. The number of ether oxygens (including phenoxy) is 1. The monoisotopic (exact) mass is 530 g/mol. The molecule has 5 rings (SSSR count). The second-order valence-electron chi connectivity index (χ2n) is 8.37. The summed E-state index contributed by atoms with van der Waals surface area (Å²) in [6.45, 7) is -0.512. The zero-order chi connectivity index (χ0) is 26.1. The van der Waals surface area contributed by atoms with Crippen LogP contribution >= 0.6 is 11.6 Å². The molecular weight excluding hydrogens is 508 g/mol. The van der Waals surface area contributed by atoms with E-state index < -0.39 is 37.3 Å². The minimum Gasteiger partial charge on any atom is -0.493 e. The Labute approximate surface area is 214 Å². The Morgan fingerprint density at radius 1 is 1.03 bits per heavy atom. The fourth-order valence-electron chi connectivity index (χ4n) is 4.00. The van der Waals surface area contributed by atoms with Gasteiger partial charge in [0.1, 0.15) is 30.1 Å². The van der Waals surface area contributed by atoms with E-state index >= 15 is 0 Å². The minimum atomic E-state index is -1.60. The number of halogens is 1. The quantitative estimate of drug-likeness (QED) is 0.220. The van der Waals surface area contributed by atoms with Crippen molar-refractivity contribution in [1.82, 2.24) is 19.7 Å². The Morgan fingerprint density at radius 2 is 1.84 bits per heavy atom. The SMILES string of the molecule is OC[C@H]1O[C@@H](On2cc(Cn3c(O)c(N=Nc4cccc(Cl)c4)c4ccccc43)nn2)[C@H](O)[C@@H](O)[C@H]1O. The average molecular weight is 531 g/mol. The summed E-state index contributed by atoms with van der Waals surface area (Å²) in [7, 11) is 0. The number of aromatic hydroxyl groups is 1. The Morgan fingerprint density at radius 3 is 2.62 bits per heavy atom. The number of aromatic nitrogens is 4. The van der Waals surface area contributed by atoms with E-state index in [4.69, 9.17) is 21.2 Å². The molecule has 5 N–H and O–H groups in total. The molecule has 4 aromatic rings. The largest absolute Gasteiger partial charge is 0.493 e. The van der Waals surface area contributed by atoms with E-state index in [9.17, 15) is 25.5 Å². The maximum absolute atomic E-state index is 11.0. The lowest BCUT2D eigenvalue weighted by atomic mass is 9.99. The number of hydrogen-bond donors (Lipinski definition) is 5. The molecular formula is C23H23ClN6O7. The first-order chi connectivity index (χ1) is 17.9. The molecule has 5 atom stereocenters. The number of hydrogen-bond acceptors (Lipinski definition) is 11. The Hall–Kier alpha value is -3.59. The number of para-hydroxylation sites is 1. The first kappa shape index (κ1) is 25.1. The van der Waals surface area contributed by atoms with Gasteiger partial charge in [-0.1, -0.05) is 40.7 Å². The van der Waals surface area contributed by atoms with Crippen LogP contribution in [0.3, 0.4) is 0 Å². The van der Waals surface area contributed by atoms with Crippen LogP contribution in [-0.4, -0.2) is 82.6 Å². The molecule has 194 valence electrons. The van der Waals surface area contributed by atoms with Gasteiger partial charge >= 0.3 is 0 Å². The third-order valence-corrected chi connectivity index (χ3v) is 6.13. The summed E-state index contributed by atoms with van der Waals surface area (Å²) >= 11 is 6.01. The van der Waals surface area contributed by atoms with Crippen LogP contribution in [0.1, 0.15) is 5.69 Å². The first-order valence-corrected chi connectivity index (χ1v) is 11.6. The van der Waals surface area contributed by atoms with Crippen LogP contribution in [0.5, 0.6) is 5.88 Å². The van der Waals surface area contributed by atoms with Crippen molar-refractivity contribution < 1.29 is 35.1 Å². The molecule has 0 radical (unpaired) electrons. The molecule has 0 spiro atoms. The maximum Gasteiger partial charge on any atom is 0.256 e. The smallest absolute Gasteiger partial charge is 0.256 e. The summed E-state index contributed by atoms with van der Waals surface area (Å²) in [5.74, 6) is -0.142. The van der Waals surface area contributed by atoms with Gasteiger partial charge in [-0.3, -0.25) is 0 Å². The van der Waals surface area contributed by atoms with Crippen molar-refractivity contribution in [3.05, 3.63) is 65.4 Å². The van der Waals surface area contributed by atoms with Gasteiger partial charge in [0.15, 0.2) is 5.69 Å². The molecule has 0 unspecified atom stereocenters. The van der Waals surface area contributed by atoms with Crippen LogP contribution in [0.4, 0.5) is 11.4 Å². The number of aliphatic hydroxyl groups excluding tert-OH is 4. The molecule has 1 aliphatic heterocycles. The molecule has 0 saturated carbocycles. The molecule has 13 nitrogen and oxygen atoms in total. The van der Waals surface area contributed by atoms with Crippen molar-refractivity contribution in [2.24, 2.45) is 10.2 Å². The fraction of sp³-hybridized carbons (Fsp3) is 0.304. The highest BCUT2D eigenvalue weighted by Crippen LogP contribution is 2.39. The normalized spacial score (nSPS) is 24.2. The lowest BCUT2D eigenvalue weighted by Crippen LogP contribution is -2.61. The second kappa shape index (κ2) is 10.4. The average Bonchev–Trinajstić information content (AvgIpc) is 3.45. The van der Waals surface area contributed by atoms with E-state index in [0.29, 0.717) is 27.3 Å². The summed E-state index contributed by atoms with van der Waals surface area (Å²) in [6, 6.07) is 14.1. The van der Waals surface area contributed by atoms with Gasteiger partial charge in [-0.05, 0) is 29.5 Å². The van der Waals surface area contributed by atoms with E-state index in [0.717, 1.165) is 4.85 Å². The van der Waals surface area contributed by atoms with E-state index in [1.54, 1.807) is 34.9 Å². The Kier molecular flexibility index (Phi) is 7.06. The van der Waals surface area contributed by atoms with E-state index in [-0.39, 0.29) is 18.1 Å². The molecule has 1 fully saturated rings. The number of fused-ring (bicyclic) bond motifs is 1. The van der Waals surface area contributed by atoms with Crippen LogP contribution in [-0.2, 0) is 11.3 Å². The lowest BCUT2D eigenvalue weighted by Gasteiger charge is -2.38. The van der Waals surface area contributed by atoms with Crippen LogP contribution in [0.25, 0.3) is 10.9 Å². The molecule has 3 heterocycles. The highest BCUT2D eigenvalue weighted by Gasteiger charge is 2.45. The van der Waals surface area contributed by atoms with Gasteiger partial charge in [0, 0.05) is 10.4 Å². The molecule has 37 heavy (non-hydrogen) atoms. The van der Waals surface area contributed by atoms with Crippen LogP contribution < -0.4 is 4.84 Å². The zero-order valence-electron chi connectivity index (χ0n) is 19.1. The third-order valence-electron chi connectivity index (χ3n) is 5.89. The lowest BCUT2D eigenvalue weighted by molar-refractivity contribution is -0.303. The van der Waals surface area contributed by atoms with Crippen LogP contribution in [0.15, 0.2) is 65.0 Å². The van der Waals surface area contributed by atoms with Crippen molar-refractivity contribution >= 4 is 33.9 Å². The molecule has 0 bridgehead atoms. The molecule has 14 heteroatoms. The first-order valence-electron chi connectivity index (χ1n) is 11.2. The second-order valence-corrected chi connectivity index (χ2v) is 8.81. The number of azo groups is 1. The Bertz CT molecular complexity index is 1420. The summed E-state index contributed by atoms with van der Waals surface area (Å²) in [5.41, 5.74) is 1.83. The molecule has 0 amide bonds. The number of aliphatic hydroxyl groups is 4. The summed E-state index contributed by atoms with van der Waals surface area (Å²) in [5, 5.41) is 67.8. The van der Waals surface area contributed by atoms with Gasteiger partial charge in [0.2, 0.25) is 5.88 Å². The van der Waals surface area contributed by atoms with Crippen molar-refractivity contribution in [1.29, 1.82) is 0 Å². The van der Waals surface area contributed by atoms with Gasteiger partial charge in [-0.15, -0.1) is 10.2 Å². The van der Waals surface area contributed by atoms with Crippen LogP contribution in [0.2, 0.25) is 5.02 Å². The van der Waals surface area contributed by atoms with Crippen molar-refractivity contribution in [2.75, 3.05) is 6.61 Å². The maximum atomic E-state index is 11.0. The number of rotatable bonds is 7. The fourth-order valence-corrected chi connectivity index (χ4v) is 4.19. The van der Waals surface area contributed by atoms with Crippen molar-refractivity contribution in [3.8, 4) is 5.88 Å². The highest BCUT2D eigenvalue weighted by molar-refractivity contribution is 6.30. The number of benzene rings is 2. The number of nitrogens with zero attached hydrogens (tertiary/aromatic N) is 6. The van der Waals surface area contributed by atoms with E-state index in [2.05, 4.69) is 20.5 Å². The summed E-state index contributed by atoms with van der Waals surface area (Å²) in [4.78, 5) is 6.35. The van der Waals surface area contributed by atoms with Gasteiger partial charge in [-0.2, -0.15) is 5.11 Å². The van der Waals surface area contributed by atoms with Gasteiger partial charge < -0.3 is 39.7 Å². The minimum absolute atomic E-state index is 0.0804. The summed E-state index contributed by atoms with van der Waals surface area (Å²) < 4.78 is 6.89. The predicted molar refractivity (Wildman–Crippen MR) is 129 cm³/mol. The van der Waals surface area contributed by atoms with Crippen molar-refractivity contribution in [3.63, 3.8) is 0 Å². The van der Waals surface area contributed by atoms with Crippen molar-refractivity contribution in [2.45, 2.75) is 37.3 Å². The van der Waals surface area contributed by atoms with Gasteiger partial charge in [0.05, 0.1) is 30.6 Å². The van der Waals surface area contributed by atoms with E-state index in [1.807, 2.05) is 18.2 Å². The molecule has 1 aliphatic rings. The molecule has 2 aromatic carbocycles. The zero-order valence-corrected chi connectivity index (χ0v) is 19.9. The van der Waals surface area contributed by atoms with E-state index in [1.165, 1.54) is 6.20 Å². The van der Waals surface area contributed by atoms with Crippen LogP contribution in [0, 0.1) is 0 Å². The molecule has 2 aromatic heterocycles. The van der Waals surface area contributed by atoms with Gasteiger partial charge in [0.25, 0.3) is 6.29 Å². The predicted octanol–water partition coefficient (Wildman–Crippen LogP) is 1.28.